The van der Waals surface area contributed by atoms with E-state index in [1.54, 1.807) is 31.2 Å². The second kappa shape index (κ2) is 7.15. The van der Waals surface area contributed by atoms with E-state index in [1.165, 1.54) is 7.11 Å². The van der Waals surface area contributed by atoms with Crippen LogP contribution in [-0.4, -0.2) is 31.4 Å². The summed E-state index contributed by atoms with van der Waals surface area (Å²) in [7, 11) is 1.25. The van der Waals surface area contributed by atoms with Crippen LogP contribution in [0.5, 0.6) is 0 Å². The molecule has 0 aliphatic carbocycles. The normalized spacial score (nSPS) is 9.58. The number of benzene rings is 1. The molecule has 0 heterocycles. The summed E-state index contributed by atoms with van der Waals surface area (Å²) in [6.07, 6.45) is 0.390. The number of hydrogen-bond donors (Lipinski definition) is 2. The number of methoxy groups -OCH3 is 1. The highest BCUT2D eigenvalue weighted by atomic mass is 16.5. The third kappa shape index (κ3) is 4.79. The molecule has 19 heavy (non-hydrogen) atoms. The van der Waals surface area contributed by atoms with Crippen molar-refractivity contribution in [2.75, 3.05) is 19.0 Å². The van der Waals surface area contributed by atoms with Gasteiger partial charge in [-0.2, -0.15) is 0 Å². The van der Waals surface area contributed by atoms with Crippen molar-refractivity contribution < 1.29 is 19.1 Å². The number of anilines is 1. The first-order valence-electron chi connectivity index (χ1n) is 5.81. The van der Waals surface area contributed by atoms with Crippen molar-refractivity contribution in [1.29, 1.82) is 0 Å². The van der Waals surface area contributed by atoms with Gasteiger partial charge in [-0.15, -0.1) is 0 Å². The van der Waals surface area contributed by atoms with E-state index >= 15 is 0 Å². The van der Waals surface area contributed by atoms with Crippen LogP contribution in [0.1, 0.15) is 23.7 Å². The average molecular weight is 264 g/mol. The maximum absolute atomic E-state index is 11.6. The molecule has 0 saturated carbocycles. The van der Waals surface area contributed by atoms with Gasteiger partial charge in [-0.05, 0) is 24.3 Å². The topological polar surface area (TPSA) is 84.5 Å². The Morgan fingerprint density at radius 3 is 2.32 bits per heavy atom. The van der Waals surface area contributed by atoms with Crippen LogP contribution >= 0.6 is 0 Å². The van der Waals surface area contributed by atoms with Gasteiger partial charge >= 0.3 is 5.97 Å². The molecule has 1 aromatic carbocycles. The average Bonchev–Trinajstić information content (AvgIpc) is 2.44. The minimum Gasteiger partial charge on any atom is -0.468 e. The zero-order valence-corrected chi connectivity index (χ0v) is 10.9. The number of esters is 1. The van der Waals surface area contributed by atoms with E-state index in [2.05, 4.69) is 15.4 Å². The fourth-order valence-corrected chi connectivity index (χ4v) is 1.28. The van der Waals surface area contributed by atoms with Crippen molar-refractivity contribution >= 4 is 23.5 Å². The molecule has 0 fully saturated rings. The summed E-state index contributed by atoms with van der Waals surface area (Å²) in [5.74, 6) is -0.984. The first-order chi connectivity index (χ1) is 9.06. The standard InChI is InChI=1S/C13H16N2O4/c1-3-11(16)15-10-6-4-9(5-7-10)13(18)14-8-12(17)19-2/h4-7H,3,8H2,1-2H3,(H,14,18)(H,15,16). The third-order valence-electron chi connectivity index (χ3n) is 2.37. The summed E-state index contributed by atoms with van der Waals surface area (Å²) >= 11 is 0. The summed E-state index contributed by atoms with van der Waals surface area (Å²) in [4.78, 5) is 33.7. The van der Waals surface area contributed by atoms with E-state index in [0.717, 1.165) is 0 Å². The van der Waals surface area contributed by atoms with E-state index in [1.807, 2.05) is 0 Å². The maximum Gasteiger partial charge on any atom is 0.325 e. The molecule has 102 valence electrons. The molecule has 0 radical (unpaired) electrons. The Kier molecular flexibility index (Phi) is 5.53. The Hall–Kier alpha value is -2.37. The smallest absolute Gasteiger partial charge is 0.325 e. The molecule has 6 heteroatoms. The fraction of sp³-hybridized carbons (Fsp3) is 0.308. The summed E-state index contributed by atoms with van der Waals surface area (Å²) in [5, 5.41) is 5.09. The van der Waals surface area contributed by atoms with Gasteiger partial charge in [0.1, 0.15) is 6.54 Å². The summed E-state index contributed by atoms with van der Waals surface area (Å²) in [5.41, 5.74) is 1.02. The molecule has 0 bridgehead atoms. The minimum absolute atomic E-state index is 0.0945. The molecular formula is C13H16N2O4. The quantitative estimate of drug-likeness (QED) is 0.775. The van der Waals surface area contributed by atoms with Crippen LogP contribution in [0.15, 0.2) is 24.3 Å². The molecule has 0 aliphatic rings. The molecule has 6 nitrogen and oxygen atoms in total. The highest BCUT2D eigenvalue weighted by Crippen LogP contribution is 2.09. The molecule has 0 aliphatic heterocycles. The van der Waals surface area contributed by atoms with Gasteiger partial charge in [0.15, 0.2) is 0 Å². The zero-order valence-electron chi connectivity index (χ0n) is 10.9. The Morgan fingerprint density at radius 1 is 1.16 bits per heavy atom. The lowest BCUT2D eigenvalue weighted by Gasteiger charge is -2.06. The first-order valence-corrected chi connectivity index (χ1v) is 5.81. The predicted molar refractivity (Wildman–Crippen MR) is 69.7 cm³/mol. The molecular weight excluding hydrogens is 248 g/mol. The Bertz CT molecular complexity index is 468. The molecule has 0 aromatic heterocycles. The van der Waals surface area contributed by atoms with E-state index in [4.69, 9.17) is 0 Å². The van der Waals surface area contributed by atoms with Gasteiger partial charge in [0.2, 0.25) is 5.91 Å². The molecule has 1 rings (SSSR count). The van der Waals surface area contributed by atoms with Crippen LogP contribution in [0.25, 0.3) is 0 Å². The van der Waals surface area contributed by atoms with Crippen molar-refractivity contribution in [1.82, 2.24) is 5.32 Å². The van der Waals surface area contributed by atoms with Crippen molar-refractivity contribution in [3.8, 4) is 0 Å². The van der Waals surface area contributed by atoms with E-state index < -0.39 is 5.97 Å². The van der Waals surface area contributed by atoms with Crippen molar-refractivity contribution in [3.63, 3.8) is 0 Å². The lowest BCUT2D eigenvalue weighted by atomic mass is 10.2. The fourth-order valence-electron chi connectivity index (χ4n) is 1.28. The Morgan fingerprint density at radius 2 is 1.79 bits per heavy atom. The highest BCUT2D eigenvalue weighted by Gasteiger charge is 2.08. The molecule has 0 saturated heterocycles. The summed E-state index contributed by atoms with van der Waals surface area (Å²) in [6.45, 7) is 1.58. The number of carbonyl (C=O) groups is 3. The van der Waals surface area contributed by atoms with Gasteiger partial charge in [-0.3, -0.25) is 14.4 Å². The number of carbonyl (C=O) groups excluding carboxylic acids is 3. The third-order valence-corrected chi connectivity index (χ3v) is 2.37. The SMILES string of the molecule is CCC(=O)Nc1ccc(C(=O)NCC(=O)OC)cc1. The molecule has 0 unspecified atom stereocenters. The van der Waals surface area contributed by atoms with Crippen LogP contribution in [0.2, 0.25) is 0 Å². The van der Waals surface area contributed by atoms with Gasteiger partial charge in [-0.1, -0.05) is 6.92 Å². The van der Waals surface area contributed by atoms with Gasteiger partial charge in [-0.25, -0.2) is 0 Å². The van der Waals surface area contributed by atoms with E-state index in [-0.39, 0.29) is 18.4 Å². The Balaban J connectivity index is 2.58. The van der Waals surface area contributed by atoms with Crippen molar-refractivity contribution in [2.24, 2.45) is 0 Å². The Labute approximate surface area is 111 Å². The van der Waals surface area contributed by atoms with Crippen LogP contribution in [0.4, 0.5) is 5.69 Å². The second-order valence-corrected chi connectivity index (χ2v) is 3.74. The van der Waals surface area contributed by atoms with E-state index in [0.29, 0.717) is 17.7 Å². The number of hydrogen-bond acceptors (Lipinski definition) is 4. The zero-order chi connectivity index (χ0) is 14.3. The predicted octanol–water partition coefficient (Wildman–Crippen LogP) is 0.938. The molecule has 1 aromatic rings. The molecule has 0 atom stereocenters. The summed E-state index contributed by atoms with van der Waals surface area (Å²) in [6, 6.07) is 6.39. The maximum atomic E-state index is 11.6. The largest absolute Gasteiger partial charge is 0.468 e. The monoisotopic (exact) mass is 264 g/mol. The van der Waals surface area contributed by atoms with Gasteiger partial charge in [0.25, 0.3) is 5.91 Å². The van der Waals surface area contributed by atoms with Crippen LogP contribution < -0.4 is 10.6 Å². The van der Waals surface area contributed by atoms with Gasteiger partial charge < -0.3 is 15.4 Å². The van der Waals surface area contributed by atoms with Gasteiger partial charge in [0.05, 0.1) is 7.11 Å². The number of rotatable bonds is 5. The summed E-state index contributed by atoms with van der Waals surface area (Å²) < 4.78 is 4.41. The van der Waals surface area contributed by atoms with Crippen LogP contribution in [0, 0.1) is 0 Å². The molecule has 2 amide bonds. The number of ether oxygens (including phenoxy) is 1. The van der Waals surface area contributed by atoms with E-state index in [9.17, 15) is 14.4 Å². The highest BCUT2D eigenvalue weighted by molar-refractivity contribution is 5.97. The lowest BCUT2D eigenvalue weighted by Crippen LogP contribution is -2.30. The van der Waals surface area contributed by atoms with Crippen LogP contribution in [0.3, 0.4) is 0 Å². The van der Waals surface area contributed by atoms with Gasteiger partial charge in [0, 0.05) is 17.7 Å². The molecule has 2 N–H and O–H groups in total. The van der Waals surface area contributed by atoms with Crippen molar-refractivity contribution in [3.05, 3.63) is 29.8 Å². The molecule has 0 spiro atoms. The second-order valence-electron chi connectivity index (χ2n) is 3.74. The van der Waals surface area contributed by atoms with Crippen LogP contribution in [-0.2, 0) is 14.3 Å². The number of amides is 2. The lowest BCUT2D eigenvalue weighted by molar-refractivity contribution is -0.139. The number of nitrogens with one attached hydrogen (secondary N) is 2. The van der Waals surface area contributed by atoms with Crippen molar-refractivity contribution in [2.45, 2.75) is 13.3 Å². The minimum atomic E-state index is -0.514. The first kappa shape index (κ1) is 14.7.